The topological polar surface area (TPSA) is 20.3 Å². The van der Waals surface area contributed by atoms with Gasteiger partial charge in [0.05, 0.1) is 5.25 Å². The second-order valence-corrected chi connectivity index (χ2v) is 6.30. The first-order chi connectivity index (χ1) is 6.83. The van der Waals surface area contributed by atoms with E-state index in [4.69, 9.17) is 0 Å². The second kappa shape index (κ2) is 4.77. The highest BCUT2D eigenvalue weighted by Gasteiger charge is 2.31. The van der Waals surface area contributed by atoms with E-state index in [1.165, 1.54) is 12.8 Å². The van der Waals surface area contributed by atoms with Gasteiger partial charge in [-0.3, -0.25) is 4.79 Å². The first-order valence-corrected chi connectivity index (χ1v) is 6.30. The third kappa shape index (κ3) is 3.40. The summed E-state index contributed by atoms with van der Waals surface area (Å²) in [6, 6.07) is 0.431. The van der Waals surface area contributed by atoms with Crippen molar-refractivity contribution >= 4 is 18.5 Å². The zero-order valence-electron chi connectivity index (χ0n) is 10.3. The molecular weight excluding hydrogens is 206 g/mol. The Labute approximate surface area is 98.8 Å². The first-order valence-electron chi connectivity index (χ1n) is 5.78. The smallest absolute Gasteiger partial charge is 0.235 e. The zero-order valence-corrected chi connectivity index (χ0v) is 11.2. The van der Waals surface area contributed by atoms with Crippen LogP contribution >= 0.6 is 12.6 Å². The van der Waals surface area contributed by atoms with Crippen LogP contribution in [-0.2, 0) is 4.79 Å². The molecule has 0 saturated heterocycles. The number of nitrogens with zero attached hydrogens (tertiary/aromatic N) is 1. The van der Waals surface area contributed by atoms with Crippen LogP contribution in [0.3, 0.4) is 0 Å². The van der Waals surface area contributed by atoms with Crippen molar-refractivity contribution in [1.29, 1.82) is 0 Å². The summed E-state index contributed by atoms with van der Waals surface area (Å²) in [6.07, 6.45) is 4.71. The molecule has 1 fully saturated rings. The molecule has 0 spiro atoms. The third-order valence-corrected chi connectivity index (χ3v) is 3.78. The maximum absolute atomic E-state index is 11.8. The lowest BCUT2D eigenvalue weighted by Crippen LogP contribution is -2.43. The van der Waals surface area contributed by atoms with E-state index in [0.29, 0.717) is 11.5 Å². The van der Waals surface area contributed by atoms with Crippen molar-refractivity contribution < 1.29 is 4.79 Å². The number of carbonyl (C=O) groups excluding carboxylic acids is 1. The summed E-state index contributed by atoms with van der Waals surface area (Å²) >= 11 is 4.19. The van der Waals surface area contributed by atoms with Gasteiger partial charge in [-0.1, -0.05) is 13.8 Å². The number of carbonyl (C=O) groups is 1. The van der Waals surface area contributed by atoms with Gasteiger partial charge in [0.25, 0.3) is 0 Å². The summed E-state index contributed by atoms with van der Waals surface area (Å²) in [6.45, 7) is 6.47. The fourth-order valence-electron chi connectivity index (χ4n) is 2.25. The summed E-state index contributed by atoms with van der Waals surface area (Å²) in [4.78, 5) is 13.6. The van der Waals surface area contributed by atoms with Gasteiger partial charge in [-0.05, 0) is 38.0 Å². The van der Waals surface area contributed by atoms with Crippen LogP contribution in [0.1, 0.15) is 46.5 Å². The number of hydrogen-bond acceptors (Lipinski definition) is 2. The van der Waals surface area contributed by atoms with Gasteiger partial charge in [-0.25, -0.2) is 0 Å². The van der Waals surface area contributed by atoms with Crippen LogP contribution in [0, 0.1) is 5.41 Å². The van der Waals surface area contributed by atoms with Crippen molar-refractivity contribution in [2.24, 2.45) is 5.41 Å². The van der Waals surface area contributed by atoms with Gasteiger partial charge < -0.3 is 4.90 Å². The summed E-state index contributed by atoms with van der Waals surface area (Å²) < 4.78 is 0. The monoisotopic (exact) mass is 229 g/mol. The Morgan fingerprint density at radius 2 is 1.87 bits per heavy atom. The van der Waals surface area contributed by atoms with E-state index in [9.17, 15) is 4.79 Å². The highest BCUT2D eigenvalue weighted by atomic mass is 32.1. The van der Waals surface area contributed by atoms with Crippen molar-refractivity contribution in [2.45, 2.75) is 57.7 Å². The van der Waals surface area contributed by atoms with Crippen molar-refractivity contribution in [3.63, 3.8) is 0 Å². The van der Waals surface area contributed by atoms with E-state index in [1.54, 1.807) is 0 Å². The van der Waals surface area contributed by atoms with E-state index < -0.39 is 0 Å². The second-order valence-electron chi connectivity index (χ2n) is 5.52. The van der Waals surface area contributed by atoms with Crippen LogP contribution in [0.2, 0.25) is 0 Å². The van der Waals surface area contributed by atoms with Crippen molar-refractivity contribution in [1.82, 2.24) is 4.90 Å². The molecule has 0 bridgehead atoms. The summed E-state index contributed by atoms with van der Waals surface area (Å²) in [5, 5.41) is -0.176. The van der Waals surface area contributed by atoms with E-state index in [1.807, 2.05) is 18.9 Å². The Balaban J connectivity index is 2.50. The lowest BCUT2D eigenvalue weighted by Gasteiger charge is -2.39. The lowest BCUT2D eigenvalue weighted by molar-refractivity contribution is -0.132. The largest absolute Gasteiger partial charge is 0.342 e. The van der Waals surface area contributed by atoms with Gasteiger partial charge in [0.15, 0.2) is 0 Å². The highest BCUT2D eigenvalue weighted by molar-refractivity contribution is 7.81. The molecule has 3 heteroatoms. The Morgan fingerprint density at radius 3 is 2.27 bits per heavy atom. The summed E-state index contributed by atoms with van der Waals surface area (Å²) in [7, 11) is 1.91. The minimum absolute atomic E-state index is 0.156. The molecule has 0 heterocycles. The Bertz CT molecular complexity index is 228. The maximum Gasteiger partial charge on any atom is 0.235 e. The number of thiol groups is 1. The first kappa shape index (κ1) is 12.9. The predicted molar refractivity (Wildman–Crippen MR) is 67.3 cm³/mol. The van der Waals surface area contributed by atoms with Gasteiger partial charge in [0, 0.05) is 13.1 Å². The summed E-state index contributed by atoms with van der Waals surface area (Å²) in [5.74, 6) is 0.156. The van der Waals surface area contributed by atoms with Crippen molar-refractivity contribution in [3.05, 3.63) is 0 Å². The van der Waals surface area contributed by atoms with Crippen LogP contribution in [0.4, 0.5) is 0 Å². The fraction of sp³-hybridized carbons (Fsp3) is 0.917. The average Bonchev–Trinajstić information content (AvgIpc) is 2.15. The Kier molecular flexibility index (Phi) is 4.10. The number of rotatable bonds is 2. The fourth-order valence-corrected chi connectivity index (χ4v) is 2.43. The van der Waals surface area contributed by atoms with Gasteiger partial charge in [-0.15, -0.1) is 0 Å². The number of hydrogen-bond donors (Lipinski definition) is 1. The molecule has 1 atom stereocenters. The lowest BCUT2D eigenvalue weighted by atomic mass is 9.75. The third-order valence-electron chi connectivity index (χ3n) is 3.56. The molecule has 1 aliphatic rings. The van der Waals surface area contributed by atoms with E-state index in [-0.39, 0.29) is 11.2 Å². The molecule has 0 N–H and O–H groups in total. The SMILES string of the molecule is CC(S)C(=O)N(C)C1CCC(C)(C)CC1. The molecule has 0 radical (unpaired) electrons. The maximum atomic E-state index is 11.8. The average molecular weight is 229 g/mol. The molecule has 1 saturated carbocycles. The molecule has 88 valence electrons. The highest BCUT2D eigenvalue weighted by Crippen LogP contribution is 2.36. The van der Waals surface area contributed by atoms with Crippen LogP contribution in [0.25, 0.3) is 0 Å². The molecule has 1 rings (SSSR count). The minimum Gasteiger partial charge on any atom is -0.342 e. The van der Waals surface area contributed by atoms with Crippen LogP contribution < -0.4 is 0 Å². The molecule has 0 aromatic heterocycles. The molecule has 0 aromatic rings. The van der Waals surface area contributed by atoms with Crippen LogP contribution in [0.5, 0.6) is 0 Å². The summed E-state index contributed by atoms with van der Waals surface area (Å²) in [5.41, 5.74) is 0.465. The quantitative estimate of drug-likeness (QED) is 0.722. The van der Waals surface area contributed by atoms with E-state index in [0.717, 1.165) is 12.8 Å². The predicted octanol–water partition coefficient (Wildman–Crippen LogP) is 2.73. The molecule has 15 heavy (non-hydrogen) atoms. The zero-order chi connectivity index (χ0) is 11.6. The van der Waals surface area contributed by atoms with Crippen molar-refractivity contribution in [3.8, 4) is 0 Å². The van der Waals surface area contributed by atoms with Crippen LogP contribution in [-0.4, -0.2) is 29.1 Å². The van der Waals surface area contributed by atoms with Gasteiger partial charge in [0.1, 0.15) is 0 Å². The molecule has 1 aliphatic carbocycles. The molecular formula is C12H23NOS. The Morgan fingerprint density at radius 1 is 1.40 bits per heavy atom. The molecule has 2 nitrogen and oxygen atoms in total. The Hall–Kier alpha value is -0.180. The van der Waals surface area contributed by atoms with E-state index >= 15 is 0 Å². The van der Waals surface area contributed by atoms with Crippen LogP contribution in [0.15, 0.2) is 0 Å². The normalized spacial score (nSPS) is 23.5. The molecule has 0 aliphatic heterocycles. The van der Waals surface area contributed by atoms with Gasteiger partial charge >= 0.3 is 0 Å². The minimum atomic E-state index is -0.176. The van der Waals surface area contributed by atoms with Crippen molar-refractivity contribution in [2.75, 3.05) is 7.05 Å². The van der Waals surface area contributed by atoms with Gasteiger partial charge in [-0.2, -0.15) is 12.6 Å². The number of amides is 1. The van der Waals surface area contributed by atoms with Gasteiger partial charge in [0.2, 0.25) is 5.91 Å². The standard InChI is InChI=1S/C12H23NOS/c1-9(15)11(14)13(4)10-5-7-12(2,3)8-6-10/h9-10,15H,5-8H2,1-4H3. The van der Waals surface area contributed by atoms with E-state index in [2.05, 4.69) is 26.5 Å². The molecule has 1 unspecified atom stereocenters. The molecule has 1 amide bonds. The molecule has 0 aromatic carbocycles.